The number of likely N-dealkylation sites (N-methyl/N-ethyl adjacent to an activating group) is 1. The molecule has 0 radical (unpaired) electrons. The summed E-state index contributed by atoms with van der Waals surface area (Å²) in [5.74, 6) is 6.31. The highest BCUT2D eigenvalue weighted by Gasteiger charge is 2.27. The lowest BCUT2D eigenvalue weighted by molar-refractivity contribution is 0.0840. The Labute approximate surface area is 88.3 Å². The molecule has 1 rings (SSSR count). The van der Waals surface area contributed by atoms with Crippen LogP contribution in [0.3, 0.4) is 0 Å². The molecule has 0 saturated carbocycles. The van der Waals surface area contributed by atoms with Gasteiger partial charge in [-0.2, -0.15) is 0 Å². The summed E-state index contributed by atoms with van der Waals surface area (Å²) < 4.78 is 0. The molecule has 1 aliphatic rings. The molecular formula is C12H22N2. The largest absolute Gasteiger partial charge is 0.301 e. The highest BCUT2D eigenvalue weighted by molar-refractivity contribution is 5.13. The van der Waals surface area contributed by atoms with E-state index in [9.17, 15) is 0 Å². The van der Waals surface area contributed by atoms with E-state index < -0.39 is 0 Å². The lowest BCUT2D eigenvalue weighted by Crippen LogP contribution is -2.53. The molecule has 1 saturated heterocycles. The van der Waals surface area contributed by atoms with Crippen molar-refractivity contribution in [3.63, 3.8) is 0 Å². The predicted octanol–water partition coefficient (Wildman–Crippen LogP) is 1.43. The SMILES string of the molecule is CC#CC(C)(C)N1CCN(CC)CC1. The summed E-state index contributed by atoms with van der Waals surface area (Å²) in [6.07, 6.45) is 0. The molecule has 80 valence electrons. The summed E-state index contributed by atoms with van der Waals surface area (Å²) in [6.45, 7) is 14.4. The number of nitrogens with zero attached hydrogens (tertiary/aromatic N) is 2. The van der Waals surface area contributed by atoms with Gasteiger partial charge in [0, 0.05) is 26.2 Å². The van der Waals surface area contributed by atoms with E-state index in [4.69, 9.17) is 0 Å². The zero-order valence-corrected chi connectivity index (χ0v) is 9.93. The minimum Gasteiger partial charge on any atom is -0.301 e. The Balaban J connectivity index is 2.51. The Kier molecular flexibility index (Phi) is 3.97. The van der Waals surface area contributed by atoms with Gasteiger partial charge in [0.2, 0.25) is 0 Å². The van der Waals surface area contributed by atoms with Gasteiger partial charge in [0.15, 0.2) is 0 Å². The van der Waals surface area contributed by atoms with E-state index in [0.717, 1.165) is 13.1 Å². The van der Waals surface area contributed by atoms with Crippen LogP contribution in [0.25, 0.3) is 0 Å². The highest BCUT2D eigenvalue weighted by atomic mass is 15.3. The Hall–Kier alpha value is -0.520. The second-order valence-corrected chi connectivity index (χ2v) is 4.36. The van der Waals surface area contributed by atoms with Crippen molar-refractivity contribution in [2.24, 2.45) is 0 Å². The van der Waals surface area contributed by atoms with Gasteiger partial charge in [-0.1, -0.05) is 12.8 Å². The summed E-state index contributed by atoms with van der Waals surface area (Å²) >= 11 is 0. The Morgan fingerprint density at radius 1 is 1.14 bits per heavy atom. The van der Waals surface area contributed by atoms with Gasteiger partial charge in [-0.25, -0.2) is 0 Å². The van der Waals surface area contributed by atoms with Crippen molar-refractivity contribution in [2.45, 2.75) is 33.2 Å². The van der Waals surface area contributed by atoms with Crippen molar-refractivity contribution in [1.29, 1.82) is 0 Å². The van der Waals surface area contributed by atoms with Gasteiger partial charge in [-0.15, -0.1) is 5.92 Å². The van der Waals surface area contributed by atoms with E-state index in [0.29, 0.717) is 0 Å². The first kappa shape index (κ1) is 11.6. The molecule has 0 aromatic heterocycles. The molecule has 2 heteroatoms. The minimum absolute atomic E-state index is 0.0502. The smallest absolute Gasteiger partial charge is 0.0769 e. The molecular weight excluding hydrogens is 172 g/mol. The fraction of sp³-hybridized carbons (Fsp3) is 0.833. The van der Waals surface area contributed by atoms with Crippen molar-refractivity contribution in [1.82, 2.24) is 9.80 Å². The normalized spacial score (nSPS) is 20.3. The first-order chi connectivity index (χ1) is 6.60. The fourth-order valence-corrected chi connectivity index (χ4v) is 2.01. The third kappa shape index (κ3) is 2.73. The molecule has 0 atom stereocenters. The van der Waals surface area contributed by atoms with Crippen LogP contribution < -0.4 is 0 Å². The molecule has 0 spiro atoms. The van der Waals surface area contributed by atoms with Crippen molar-refractivity contribution in [2.75, 3.05) is 32.7 Å². The maximum Gasteiger partial charge on any atom is 0.0769 e. The van der Waals surface area contributed by atoms with Crippen LogP contribution >= 0.6 is 0 Å². The summed E-state index contributed by atoms with van der Waals surface area (Å²) in [5.41, 5.74) is 0.0502. The van der Waals surface area contributed by atoms with Crippen LogP contribution in [-0.4, -0.2) is 48.1 Å². The zero-order valence-electron chi connectivity index (χ0n) is 9.93. The molecule has 0 amide bonds. The third-order valence-corrected chi connectivity index (χ3v) is 3.04. The van der Waals surface area contributed by atoms with E-state index >= 15 is 0 Å². The van der Waals surface area contributed by atoms with E-state index in [1.807, 2.05) is 6.92 Å². The van der Waals surface area contributed by atoms with Crippen molar-refractivity contribution >= 4 is 0 Å². The molecule has 1 fully saturated rings. The number of rotatable bonds is 2. The van der Waals surface area contributed by atoms with E-state index in [1.165, 1.54) is 19.6 Å². The van der Waals surface area contributed by atoms with Crippen LogP contribution in [-0.2, 0) is 0 Å². The fourth-order valence-electron chi connectivity index (χ4n) is 2.01. The lowest BCUT2D eigenvalue weighted by atomic mass is 10.0. The number of piperazine rings is 1. The first-order valence-electron chi connectivity index (χ1n) is 5.51. The summed E-state index contributed by atoms with van der Waals surface area (Å²) in [4.78, 5) is 4.97. The number of hydrogen-bond acceptors (Lipinski definition) is 2. The first-order valence-corrected chi connectivity index (χ1v) is 5.51. The van der Waals surface area contributed by atoms with Crippen LogP contribution in [0.1, 0.15) is 27.7 Å². The lowest BCUT2D eigenvalue weighted by Gasteiger charge is -2.41. The molecule has 1 heterocycles. The van der Waals surface area contributed by atoms with Crippen LogP contribution in [0, 0.1) is 11.8 Å². The Bertz CT molecular complexity index is 226. The molecule has 0 N–H and O–H groups in total. The topological polar surface area (TPSA) is 6.48 Å². The average molecular weight is 194 g/mol. The van der Waals surface area contributed by atoms with Crippen molar-refractivity contribution in [3.8, 4) is 11.8 Å². The second-order valence-electron chi connectivity index (χ2n) is 4.36. The standard InChI is InChI=1S/C12H22N2/c1-5-7-12(3,4)14-10-8-13(6-2)9-11-14/h6,8-11H2,1-4H3. The molecule has 0 aromatic rings. The average Bonchev–Trinajstić information content (AvgIpc) is 2.18. The van der Waals surface area contributed by atoms with Gasteiger partial charge in [0.05, 0.1) is 5.54 Å². The Morgan fingerprint density at radius 2 is 1.71 bits per heavy atom. The summed E-state index contributed by atoms with van der Waals surface area (Å²) in [6, 6.07) is 0. The van der Waals surface area contributed by atoms with Crippen molar-refractivity contribution in [3.05, 3.63) is 0 Å². The van der Waals surface area contributed by atoms with Gasteiger partial charge in [0.25, 0.3) is 0 Å². The summed E-state index contributed by atoms with van der Waals surface area (Å²) in [5, 5.41) is 0. The van der Waals surface area contributed by atoms with E-state index in [1.54, 1.807) is 0 Å². The van der Waals surface area contributed by atoms with Crippen LogP contribution in [0.5, 0.6) is 0 Å². The molecule has 1 aliphatic heterocycles. The maximum absolute atomic E-state index is 3.28. The molecule has 2 nitrogen and oxygen atoms in total. The highest BCUT2D eigenvalue weighted by Crippen LogP contribution is 2.15. The quantitative estimate of drug-likeness (QED) is 0.614. The van der Waals surface area contributed by atoms with E-state index in [2.05, 4.69) is 42.4 Å². The minimum atomic E-state index is 0.0502. The summed E-state index contributed by atoms with van der Waals surface area (Å²) in [7, 11) is 0. The van der Waals surface area contributed by atoms with Gasteiger partial charge in [0.1, 0.15) is 0 Å². The van der Waals surface area contributed by atoms with Crippen LogP contribution in [0.15, 0.2) is 0 Å². The Morgan fingerprint density at radius 3 is 2.14 bits per heavy atom. The monoisotopic (exact) mass is 194 g/mol. The third-order valence-electron chi connectivity index (χ3n) is 3.04. The van der Waals surface area contributed by atoms with Gasteiger partial charge < -0.3 is 4.90 Å². The van der Waals surface area contributed by atoms with E-state index in [-0.39, 0.29) is 5.54 Å². The molecule has 0 bridgehead atoms. The van der Waals surface area contributed by atoms with Gasteiger partial charge in [-0.05, 0) is 27.3 Å². The molecule has 0 aliphatic carbocycles. The zero-order chi connectivity index (χ0) is 10.6. The molecule has 0 unspecified atom stereocenters. The van der Waals surface area contributed by atoms with Crippen LogP contribution in [0.2, 0.25) is 0 Å². The second kappa shape index (κ2) is 4.82. The predicted molar refractivity (Wildman–Crippen MR) is 61.2 cm³/mol. The van der Waals surface area contributed by atoms with Crippen molar-refractivity contribution < 1.29 is 0 Å². The van der Waals surface area contributed by atoms with Gasteiger partial charge in [-0.3, -0.25) is 4.90 Å². The molecule has 14 heavy (non-hydrogen) atoms. The van der Waals surface area contributed by atoms with Crippen LogP contribution in [0.4, 0.5) is 0 Å². The van der Waals surface area contributed by atoms with Gasteiger partial charge >= 0.3 is 0 Å². The number of hydrogen-bond donors (Lipinski definition) is 0. The molecule has 0 aromatic carbocycles. The maximum atomic E-state index is 3.28.